The summed E-state index contributed by atoms with van der Waals surface area (Å²) in [6.45, 7) is 0.585. The molecule has 0 aliphatic carbocycles. The molecule has 0 fully saturated rings. The molecule has 0 saturated heterocycles. The maximum absolute atomic E-state index is 5.34. The molecule has 0 saturated carbocycles. The Bertz CT molecular complexity index is 489. The summed E-state index contributed by atoms with van der Waals surface area (Å²) in [7, 11) is 0. The standard InChI is InChI=1S/C10H10N4/c11-5-2-1-4-9-8-13-10-12-6-3-7-14(9)10/h3,6-8H,2,5,11H2. The smallest absolute Gasteiger partial charge is 0.234 e. The van der Waals surface area contributed by atoms with E-state index in [2.05, 4.69) is 21.8 Å². The monoisotopic (exact) mass is 186 g/mol. The van der Waals surface area contributed by atoms with Crippen LogP contribution in [0.25, 0.3) is 5.78 Å². The van der Waals surface area contributed by atoms with E-state index in [9.17, 15) is 0 Å². The fourth-order valence-corrected chi connectivity index (χ4v) is 1.15. The van der Waals surface area contributed by atoms with Crippen molar-refractivity contribution in [2.24, 2.45) is 5.73 Å². The van der Waals surface area contributed by atoms with Crippen LogP contribution in [0.4, 0.5) is 0 Å². The summed E-state index contributed by atoms with van der Waals surface area (Å²) >= 11 is 0. The summed E-state index contributed by atoms with van der Waals surface area (Å²) < 4.78 is 1.85. The zero-order valence-electron chi connectivity index (χ0n) is 7.64. The Balaban J connectivity index is 2.40. The summed E-state index contributed by atoms with van der Waals surface area (Å²) in [5.41, 5.74) is 6.19. The molecule has 14 heavy (non-hydrogen) atoms. The molecule has 2 rings (SSSR count). The van der Waals surface area contributed by atoms with E-state index < -0.39 is 0 Å². The number of aromatic nitrogens is 3. The highest BCUT2D eigenvalue weighted by atomic mass is 15.1. The van der Waals surface area contributed by atoms with Crippen molar-refractivity contribution in [2.75, 3.05) is 6.54 Å². The van der Waals surface area contributed by atoms with Gasteiger partial charge in [-0.1, -0.05) is 5.92 Å². The number of nitrogens with zero attached hydrogens (tertiary/aromatic N) is 3. The Morgan fingerprint density at radius 3 is 3.21 bits per heavy atom. The van der Waals surface area contributed by atoms with Gasteiger partial charge >= 0.3 is 0 Å². The van der Waals surface area contributed by atoms with Crippen LogP contribution in [0.2, 0.25) is 0 Å². The predicted octanol–water partition coefficient (Wildman–Crippen LogP) is 0.430. The van der Waals surface area contributed by atoms with Crippen molar-refractivity contribution in [3.8, 4) is 11.8 Å². The third-order valence-electron chi connectivity index (χ3n) is 1.77. The minimum absolute atomic E-state index is 0.585. The van der Waals surface area contributed by atoms with Crippen molar-refractivity contribution >= 4 is 5.78 Å². The van der Waals surface area contributed by atoms with Gasteiger partial charge < -0.3 is 5.73 Å². The number of nitrogens with two attached hydrogens (primary N) is 1. The van der Waals surface area contributed by atoms with Gasteiger partial charge in [-0.2, -0.15) is 0 Å². The second kappa shape index (κ2) is 3.90. The summed E-state index contributed by atoms with van der Waals surface area (Å²) in [5.74, 6) is 6.64. The highest BCUT2D eigenvalue weighted by Crippen LogP contribution is 2.01. The number of fused-ring (bicyclic) bond motifs is 1. The van der Waals surface area contributed by atoms with Gasteiger partial charge in [0.1, 0.15) is 5.69 Å². The van der Waals surface area contributed by atoms with Crippen LogP contribution < -0.4 is 5.73 Å². The van der Waals surface area contributed by atoms with Gasteiger partial charge in [0.2, 0.25) is 5.78 Å². The Labute approximate surface area is 81.8 Å². The van der Waals surface area contributed by atoms with Crippen molar-refractivity contribution in [2.45, 2.75) is 6.42 Å². The molecule has 0 bridgehead atoms. The molecule has 2 heterocycles. The Morgan fingerprint density at radius 2 is 2.36 bits per heavy atom. The molecule has 0 radical (unpaired) electrons. The van der Waals surface area contributed by atoms with Crippen molar-refractivity contribution in [1.82, 2.24) is 14.4 Å². The third-order valence-corrected chi connectivity index (χ3v) is 1.77. The van der Waals surface area contributed by atoms with Crippen molar-refractivity contribution in [1.29, 1.82) is 0 Å². The number of rotatable bonds is 1. The molecule has 2 aromatic rings. The molecule has 0 amide bonds. The lowest BCUT2D eigenvalue weighted by Crippen LogP contribution is -1.95. The highest BCUT2D eigenvalue weighted by Gasteiger charge is 1.98. The van der Waals surface area contributed by atoms with Gasteiger partial charge in [0, 0.05) is 25.4 Å². The normalized spacial score (nSPS) is 9.79. The zero-order chi connectivity index (χ0) is 9.80. The van der Waals surface area contributed by atoms with E-state index >= 15 is 0 Å². The van der Waals surface area contributed by atoms with Crippen LogP contribution in [0, 0.1) is 11.8 Å². The quantitative estimate of drug-likeness (QED) is 0.657. The van der Waals surface area contributed by atoms with Crippen molar-refractivity contribution in [3.05, 3.63) is 30.4 Å². The van der Waals surface area contributed by atoms with Crippen molar-refractivity contribution in [3.63, 3.8) is 0 Å². The van der Waals surface area contributed by atoms with Gasteiger partial charge in [0.25, 0.3) is 0 Å². The molecule has 0 aliphatic rings. The lowest BCUT2D eigenvalue weighted by molar-refractivity contribution is 1.03. The van der Waals surface area contributed by atoms with Crippen LogP contribution in [0.5, 0.6) is 0 Å². The summed E-state index contributed by atoms with van der Waals surface area (Å²) in [4.78, 5) is 8.20. The molecule has 0 unspecified atom stereocenters. The maximum Gasteiger partial charge on any atom is 0.234 e. The third kappa shape index (κ3) is 1.58. The average Bonchev–Trinajstić information content (AvgIpc) is 2.63. The zero-order valence-corrected chi connectivity index (χ0v) is 7.64. The van der Waals surface area contributed by atoms with Gasteiger partial charge in [-0.05, 0) is 12.0 Å². The molecule has 0 spiro atoms. The maximum atomic E-state index is 5.34. The molecular formula is C10H10N4. The lowest BCUT2D eigenvalue weighted by atomic mass is 10.4. The minimum Gasteiger partial charge on any atom is -0.330 e. The van der Waals surface area contributed by atoms with Crippen LogP contribution in [0.3, 0.4) is 0 Å². The minimum atomic E-state index is 0.585. The fraction of sp³-hybridized carbons (Fsp3) is 0.200. The van der Waals surface area contributed by atoms with Crippen LogP contribution in [0.15, 0.2) is 24.7 Å². The molecule has 70 valence electrons. The Hall–Kier alpha value is -1.86. The number of imidazole rings is 1. The number of hydrogen-bond acceptors (Lipinski definition) is 3. The van der Waals surface area contributed by atoms with E-state index in [0.717, 1.165) is 5.69 Å². The SMILES string of the molecule is NCCC#Cc1cnc2ncccn12. The molecule has 4 heteroatoms. The molecule has 2 aromatic heterocycles. The van der Waals surface area contributed by atoms with E-state index in [1.54, 1.807) is 12.4 Å². The summed E-state index contributed by atoms with van der Waals surface area (Å²) in [6.07, 6.45) is 6.01. The second-order valence-corrected chi connectivity index (χ2v) is 2.77. The Morgan fingerprint density at radius 1 is 1.43 bits per heavy atom. The molecule has 0 aliphatic heterocycles. The van der Waals surface area contributed by atoms with Crippen LogP contribution in [-0.4, -0.2) is 20.9 Å². The number of hydrogen-bond donors (Lipinski definition) is 1. The van der Waals surface area contributed by atoms with Crippen molar-refractivity contribution < 1.29 is 0 Å². The summed E-state index contributed by atoms with van der Waals surface area (Å²) in [5, 5.41) is 0. The first-order chi connectivity index (χ1) is 6.92. The first-order valence-electron chi connectivity index (χ1n) is 4.39. The van der Waals surface area contributed by atoms with Gasteiger partial charge in [-0.25, -0.2) is 9.97 Å². The largest absolute Gasteiger partial charge is 0.330 e. The van der Waals surface area contributed by atoms with Crippen LogP contribution in [0.1, 0.15) is 12.1 Å². The van der Waals surface area contributed by atoms with Gasteiger partial charge in [-0.3, -0.25) is 4.40 Å². The fourth-order valence-electron chi connectivity index (χ4n) is 1.15. The predicted molar refractivity (Wildman–Crippen MR) is 53.5 cm³/mol. The first-order valence-corrected chi connectivity index (χ1v) is 4.39. The van der Waals surface area contributed by atoms with E-state index in [1.807, 2.05) is 16.7 Å². The molecule has 4 nitrogen and oxygen atoms in total. The topological polar surface area (TPSA) is 56.2 Å². The van der Waals surface area contributed by atoms with Crippen LogP contribution >= 0.6 is 0 Å². The first kappa shape index (κ1) is 8.73. The van der Waals surface area contributed by atoms with E-state index in [-0.39, 0.29) is 0 Å². The Kier molecular flexibility index (Phi) is 2.43. The molecule has 0 atom stereocenters. The van der Waals surface area contributed by atoms with E-state index in [4.69, 9.17) is 5.73 Å². The molecular weight excluding hydrogens is 176 g/mol. The second-order valence-electron chi connectivity index (χ2n) is 2.77. The lowest BCUT2D eigenvalue weighted by Gasteiger charge is -1.91. The molecule has 2 N–H and O–H groups in total. The highest BCUT2D eigenvalue weighted by molar-refractivity contribution is 5.38. The average molecular weight is 186 g/mol. The molecule has 0 aromatic carbocycles. The van der Waals surface area contributed by atoms with E-state index in [0.29, 0.717) is 18.7 Å². The van der Waals surface area contributed by atoms with Gasteiger partial charge in [0.05, 0.1) is 6.20 Å². The van der Waals surface area contributed by atoms with E-state index in [1.165, 1.54) is 0 Å². The van der Waals surface area contributed by atoms with Gasteiger partial charge in [-0.15, -0.1) is 0 Å². The van der Waals surface area contributed by atoms with Gasteiger partial charge in [0.15, 0.2) is 0 Å². The summed E-state index contributed by atoms with van der Waals surface area (Å²) in [6, 6.07) is 1.85. The van der Waals surface area contributed by atoms with Crippen LogP contribution in [-0.2, 0) is 0 Å².